The lowest BCUT2D eigenvalue weighted by molar-refractivity contribution is -0.126. The fourth-order valence-electron chi connectivity index (χ4n) is 5.43. The van der Waals surface area contributed by atoms with Crippen LogP contribution >= 0.6 is 0 Å². The predicted octanol–water partition coefficient (Wildman–Crippen LogP) is 2.33. The minimum atomic E-state index is -0.303. The van der Waals surface area contributed by atoms with Gasteiger partial charge in [0.2, 0.25) is 17.7 Å². The molecule has 7 nitrogen and oxygen atoms in total. The van der Waals surface area contributed by atoms with E-state index < -0.39 is 0 Å². The van der Waals surface area contributed by atoms with Crippen LogP contribution in [0.25, 0.3) is 0 Å². The third-order valence-corrected chi connectivity index (χ3v) is 7.60. The van der Waals surface area contributed by atoms with Gasteiger partial charge in [-0.2, -0.15) is 0 Å². The number of likely N-dealkylation sites (tertiary alicyclic amines) is 1. The van der Waals surface area contributed by atoms with Crippen LogP contribution in [0.1, 0.15) is 51.0 Å². The Bertz CT molecular complexity index is 912. The molecule has 1 aromatic rings. The molecule has 1 N–H and O–H groups in total. The number of hydrogen-bond donors (Lipinski definition) is 1. The number of nitrogens with zero attached hydrogens (tertiary/aromatic N) is 3. The number of hydrogen-bond acceptors (Lipinski definition) is 4. The maximum Gasteiger partial charge on any atom is 0.230 e. The van der Waals surface area contributed by atoms with E-state index in [0.29, 0.717) is 19.1 Å². The zero-order chi connectivity index (χ0) is 22.2. The summed E-state index contributed by atoms with van der Waals surface area (Å²) in [6, 6.07) is 6.51. The van der Waals surface area contributed by atoms with Crippen LogP contribution in [-0.2, 0) is 20.8 Å². The van der Waals surface area contributed by atoms with Crippen molar-refractivity contribution in [3.63, 3.8) is 0 Å². The Kier molecular flexibility index (Phi) is 5.93. The highest BCUT2D eigenvalue weighted by Gasteiger charge is 2.38. The first-order chi connectivity index (χ1) is 15.5. The third kappa shape index (κ3) is 4.27. The molecule has 1 aromatic carbocycles. The number of rotatable bonds is 6. The molecule has 3 amide bonds. The number of amides is 3. The molecular formula is C25H34N4O3. The second kappa shape index (κ2) is 8.85. The molecule has 2 saturated heterocycles. The average molecular weight is 439 g/mol. The Labute approximate surface area is 190 Å². The van der Waals surface area contributed by atoms with Gasteiger partial charge in [0.1, 0.15) is 0 Å². The fraction of sp³-hybridized carbons (Fsp3) is 0.640. The average Bonchev–Trinajstić information content (AvgIpc) is 3.44. The molecule has 3 fully saturated rings. The maximum absolute atomic E-state index is 12.7. The highest BCUT2D eigenvalue weighted by Crippen LogP contribution is 2.38. The quantitative estimate of drug-likeness (QED) is 0.740. The molecule has 0 unspecified atom stereocenters. The molecule has 2 atom stereocenters. The number of anilines is 2. The van der Waals surface area contributed by atoms with Gasteiger partial charge in [0.25, 0.3) is 0 Å². The van der Waals surface area contributed by atoms with E-state index in [-0.39, 0.29) is 36.0 Å². The second-order valence-corrected chi connectivity index (χ2v) is 9.90. The van der Waals surface area contributed by atoms with Crippen LogP contribution in [0, 0.1) is 11.8 Å². The summed E-state index contributed by atoms with van der Waals surface area (Å²) in [4.78, 5) is 44.0. The number of nitrogens with one attached hydrogen (secondary N) is 1. The Morgan fingerprint density at radius 3 is 2.72 bits per heavy atom. The van der Waals surface area contributed by atoms with E-state index in [9.17, 15) is 14.4 Å². The predicted molar refractivity (Wildman–Crippen MR) is 124 cm³/mol. The fourth-order valence-corrected chi connectivity index (χ4v) is 5.43. The summed E-state index contributed by atoms with van der Waals surface area (Å²) >= 11 is 0. The summed E-state index contributed by atoms with van der Waals surface area (Å²) in [7, 11) is 0. The molecule has 1 aliphatic carbocycles. The molecule has 3 aliphatic heterocycles. The summed E-state index contributed by atoms with van der Waals surface area (Å²) in [6.07, 6.45) is 6.85. The van der Waals surface area contributed by atoms with Crippen molar-refractivity contribution in [2.45, 2.75) is 57.9 Å². The molecule has 4 aliphatic rings. The van der Waals surface area contributed by atoms with Gasteiger partial charge in [0.15, 0.2) is 0 Å². The number of carbonyl (C=O) groups is 3. The Hall–Kier alpha value is -2.41. The number of piperidine rings is 1. The molecule has 0 bridgehead atoms. The SMILES string of the molecule is C[C@H]1CCCCN1CCNC(=O)[C@@H]1CC(=O)N(c2ccc3c(c2)CCN3C(=O)C2CC2)C1. The van der Waals surface area contributed by atoms with Gasteiger partial charge in [0.05, 0.1) is 5.92 Å². The van der Waals surface area contributed by atoms with Crippen molar-refractivity contribution in [2.24, 2.45) is 11.8 Å². The molecule has 5 rings (SSSR count). The maximum atomic E-state index is 12.7. The lowest BCUT2D eigenvalue weighted by Crippen LogP contribution is -2.43. The van der Waals surface area contributed by atoms with Crippen molar-refractivity contribution >= 4 is 29.1 Å². The number of benzene rings is 1. The van der Waals surface area contributed by atoms with Crippen LogP contribution < -0.4 is 15.1 Å². The van der Waals surface area contributed by atoms with Gasteiger partial charge in [-0.15, -0.1) is 0 Å². The summed E-state index contributed by atoms with van der Waals surface area (Å²) in [5, 5.41) is 3.06. The van der Waals surface area contributed by atoms with E-state index in [1.165, 1.54) is 19.3 Å². The zero-order valence-electron chi connectivity index (χ0n) is 19.0. The molecule has 3 heterocycles. The first kappa shape index (κ1) is 21.4. The topological polar surface area (TPSA) is 73.0 Å². The lowest BCUT2D eigenvalue weighted by atomic mass is 10.0. The zero-order valence-corrected chi connectivity index (χ0v) is 19.0. The third-order valence-electron chi connectivity index (χ3n) is 7.60. The first-order valence-electron chi connectivity index (χ1n) is 12.3. The van der Waals surface area contributed by atoms with Crippen molar-refractivity contribution in [2.75, 3.05) is 42.5 Å². The van der Waals surface area contributed by atoms with Crippen LogP contribution in [0.4, 0.5) is 11.4 Å². The van der Waals surface area contributed by atoms with Crippen molar-refractivity contribution in [1.82, 2.24) is 10.2 Å². The molecular weight excluding hydrogens is 404 g/mol. The van der Waals surface area contributed by atoms with Crippen LogP contribution in [0.2, 0.25) is 0 Å². The summed E-state index contributed by atoms with van der Waals surface area (Å²) in [5.41, 5.74) is 2.94. The van der Waals surface area contributed by atoms with Crippen LogP contribution in [0.3, 0.4) is 0 Å². The molecule has 7 heteroatoms. The molecule has 32 heavy (non-hydrogen) atoms. The highest BCUT2D eigenvalue weighted by atomic mass is 16.2. The minimum Gasteiger partial charge on any atom is -0.355 e. The Morgan fingerprint density at radius 1 is 1.09 bits per heavy atom. The normalized spacial score (nSPS) is 25.8. The van der Waals surface area contributed by atoms with Gasteiger partial charge in [-0.1, -0.05) is 6.42 Å². The molecule has 0 radical (unpaired) electrons. The lowest BCUT2D eigenvalue weighted by Gasteiger charge is -2.33. The van der Waals surface area contributed by atoms with Gasteiger partial charge >= 0.3 is 0 Å². The van der Waals surface area contributed by atoms with Gasteiger partial charge in [-0.25, -0.2) is 0 Å². The van der Waals surface area contributed by atoms with Gasteiger partial charge in [0, 0.05) is 55.9 Å². The minimum absolute atomic E-state index is 0.00124. The molecule has 0 aromatic heterocycles. The smallest absolute Gasteiger partial charge is 0.230 e. The standard InChI is InChI=1S/C25H34N4O3/c1-17-4-2-3-11-27(17)13-10-26-24(31)20-15-23(30)29(16-20)21-7-8-22-19(14-21)9-12-28(22)25(32)18-5-6-18/h7-8,14,17-18,20H,2-6,9-13,15-16H2,1H3,(H,26,31)/t17-,20+/m0/s1. The van der Waals surface area contributed by atoms with Gasteiger partial charge in [-0.05, 0) is 69.3 Å². The molecule has 0 spiro atoms. The van der Waals surface area contributed by atoms with Crippen molar-refractivity contribution < 1.29 is 14.4 Å². The number of fused-ring (bicyclic) bond motifs is 1. The Morgan fingerprint density at radius 2 is 1.94 bits per heavy atom. The summed E-state index contributed by atoms with van der Waals surface area (Å²) in [5.74, 6) is 0.122. The molecule has 172 valence electrons. The van der Waals surface area contributed by atoms with Gasteiger partial charge < -0.3 is 15.1 Å². The summed E-state index contributed by atoms with van der Waals surface area (Å²) in [6.45, 7) is 6.02. The van der Waals surface area contributed by atoms with E-state index in [0.717, 1.165) is 55.8 Å². The van der Waals surface area contributed by atoms with Crippen LogP contribution in [-0.4, -0.2) is 61.4 Å². The largest absolute Gasteiger partial charge is 0.355 e. The van der Waals surface area contributed by atoms with Crippen LogP contribution in [0.15, 0.2) is 18.2 Å². The van der Waals surface area contributed by atoms with Crippen molar-refractivity contribution in [1.29, 1.82) is 0 Å². The Balaban J connectivity index is 1.17. The van der Waals surface area contributed by atoms with E-state index in [2.05, 4.69) is 17.1 Å². The van der Waals surface area contributed by atoms with E-state index in [1.807, 2.05) is 23.1 Å². The first-order valence-corrected chi connectivity index (χ1v) is 12.3. The second-order valence-electron chi connectivity index (χ2n) is 9.90. The number of carbonyl (C=O) groups excluding carboxylic acids is 3. The highest BCUT2D eigenvalue weighted by molar-refractivity contribution is 6.02. The molecule has 1 saturated carbocycles. The van der Waals surface area contributed by atoms with E-state index in [4.69, 9.17) is 0 Å². The van der Waals surface area contributed by atoms with Gasteiger partial charge in [-0.3, -0.25) is 19.3 Å². The summed E-state index contributed by atoms with van der Waals surface area (Å²) < 4.78 is 0. The van der Waals surface area contributed by atoms with E-state index in [1.54, 1.807) is 4.90 Å². The van der Waals surface area contributed by atoms with Crippen molar-refractivity contribution in [3.8, 4) is 0 Å². The monoisotopic (exact) mass is 438 g/mol. The van der Waals surface area contributed by atoms with Crippen molar-refractivity contribution in [3.05, 3.63) is 23.8 Å². The van der Waals surface area contributed by atoms with Crippen LogP contribution in [0.5, 0.6) is 0 Å². The van der Waals surface area contributed by atoms with E-state index >= 15 is 0 Å².